The zero-order valence-electron chi connectivity index (χ0n) is 13.3. The van der Waals surface area contributed by atoms with Gasteiger partial charge in [-0.1, -0.05) is 41.7 Å². The van der Waals surface area contributed by atoms with Crippen LogP contribution in [0.5, 0.6) is 0 Å². The normalized spacial score (nSPS) is 20.7. The molecule has 124 valence electrons. The number of piperazine rings is 1. The van der Waals surface area contributed by atoms with Crippen LogP contribution in [0.25, 0.3) is 10.6 Å². The number of urea groups is 1. The summed E-state index contributed by atoms with van der Waals surface area (Å²) in [6.45, 7) is 3.91. The van der Waals surface area contributed by atoms with E-state index in [1.54, 1.807) is 4.90 Å². The lowest BCUT2D eigenvalue weighted by Gasteiger charge is -2.34. The van der Waals surface area contributed by atoms with Gasteiger partial charge in [0.15, 0.2) is 0 Å². The smallest absolute Gasteiger partial charge is 0.327 e. The maximum Gasteiger partial charge on any atom is 0.327 e. The third-order valence-corrected chi connectivity index (χ3v) is 5.46. The highest BCUT2D eigenvalue weighted by atomic mass is 32.1. The number of carbonyl (C=O) groups is 2. The molecule has 0 radical (unpaired) electrons. The van der Waals surface area contributed by atoms with Gasteiger partial charge in [0, 0.05) is 31.7 Å². The van der Waals surface area contributed by atoms with Crippen LogP contribution in [0.4, 0.5) is 9.93 Å². The Morgan fingerprint density at radius 1 is 1.17 bits per heavy atom. The number of hydrogen-bond donors (Lipinski definition) is 0. The van der Waals surface area contributed by atoms with Crippen molar-refractivity contribution in [2.24, 2.45) is 0 Å². The molecule has 2 aliphatic rings. The predicted octanol–water partition coefficient (Wildman–Crippen LogP) is 1.68. The Morgan fingerprint density at radius 2 is 1.96 bits per heavy atom. The van der Waals surface area contributed by atoms with E-state index < -0.39 is 6.04 Å². The summed E-state index contributed by atoms with van der Waals surface area (Å²) in [6, 6.07) is 9.33. The monoisotopic (exact) mass is 343 g/mol. The number of hydrogen-bond acceptors (Lipinski definition) is 6. The number of anilines is 1. The second kappa shape index (κ2) is 5.86. The third-order valence-electron chi connectivity index (χ3n) is 4.43. The number of amides is 3. The summed E-state index contributed by atoms with van der Waals surface area (Å²) < 4.78 is 0. The molecule has 0 saturated carbocycles. The van der Waals surface area contributed by atoms with Crippen LogP contribution in [-0.4, -0.2) is 64.2 Å². The minimum Gasteiger partial charge on any atom is -0.342 e. The van der Waals surface area contributed by atoms with Crippen LogP contribution >= 0.6 is 11.3 Å². The van der Waals surface area contributed by atoms with Gasteiger partial charge in [-0.25, -0.2) is 4.79 Å². The predicted molar refractivity (Wildman–Crippen MR) is 90.8 cm³/mol. The molecule has 2 aromatic rings. The van der Waals surface area contributed by atoms with Gasteiger partial charge in [-0.3, -0.25) is 9.69 Å². The lowest BCUT2D eigenvalue weighted by molar-refractivity contribution is -0.128. The van der Waals surface area contributed by atoms with Crippen LogP contribution in [0.2, 0.25) is 0 Å². The van der Waals surface area contributed by atoms with Crippen molar-refractivity contribution in [3.05, 3.63) is 30.3 Å². The van der Waals surface area contributed by atoms with Crippen molar-refractivity contribution < 1.29 is 9.59 Å². The van der Waals surface area contributed by atoms with Crippen LogP contribution in [0, 0.1) is 0 Å². The van der Waals surface area contributed by atoms with Gasteiger partial charge in [0.1, 0.15) is 11.0 Å². The van der Waals surface area contributed by atoms with Gasteiger partial charge in [-0.05, 0) is 6.92 Å². The first kappa shape index (κ1) is 15.1. The Kier molecular flexibility index (Phi) is 3.68. The average Bonchev–Trinajstić information content (AvgIpc) is 3.20. The van der Waals surface area contributed by atoms with E-state index in [4.69, 9.17) is 0 Å². The fraction of sp³-hybridized carbons (Fsp3) is 0.375. The minimum atomic E-state index is -0.407. The first-order chi connectivity index (χ1) is 11.7. The molecule has 0 bridgehead atoms. The molecule has 0 spiro atoms. The summed E-state index contributed by atoms with van der Waals surface area (Å²) in [7, 11) is 0. The molecule has 4 rings (SSSR count). The van der Waals surface area contributed by atoms with Crippen molar-refractivity contribution in [2.75, 3.05) is 31.1 Å². The van der Waals surface area contributed by atoms with Crippen LogP contribution in [0.3, 0.4) is 0 Å². The van der Waals surface area contributed by atoms with E-state index in [-0.39, 0.29) is 11.9 Å². The van der Waals surface area contributed by atoms with Gasteiger partial charge >= 0.3 is 6.03 Å². The lowest BCUT2D eigenvalue weighted by atomic mass is 10.2. The van der Waals surface area contributed by atoms with E-state index in [0.717, 1.165) is 15.7 Å². The molecule has 24 heavy (non-hydrogen) atoms. The van der Waals surface area contributed by atoms with Crippen LogP contribution < -0.4 is 4.90 Å². The maximum atomic E-state index is 12.4. The summed E-state index contributed by atoms with van der Waals surface area (Å²) >= 11 is 1.51. The van der Waals surface area contributed by atoms with Crippen molar-refractivity contribution in [1.82, 2.24) is 20.0 Å². The SMILES string of the molecule is CCN1C(=O)C2CN(c3nnc(-c4ccccc4)s3)CCN2C1=O. The fourth-order valence-corrected chi connectivity index (χ4v) is 4.04. The van der Waals surface area contributed by atoms with E-state index in [9.17, 15) is 9.59 Å². The first-order valence-electron chi connectivity index (χ1n) is 7.95. The summed E-state index contributed by atoms with van der Waals surface area (Å²) in [4.78, 5) is 29.6. The van der Waals surface area contributed by atoms with Crippen molar-refractivity contribution in [1.29, 1.82) is 0 Å². The average molecular weight is 343 g/mol. The minimum absolute atomic E-state index is 0.111. The molecule has 8 heteroatoms. The van der Waals surface area contributed by atoms with Crippen molar-refractivity contribution in [2.45, 2.75) is 13.0 Å². The Labute approximate surface area is 143 Å². The number of imide groups is 1. The molecule has 2 fully saturated rings. The lowest BCUT2D eigenvalue weighted by Crippen LogP contribution is -2.53. The maximum absolute atomic E-state index is 12.4. The molecule has 2 aliphatic heterocycles. The zero-order chi connectivity index (χ0) is 16.7. The number of aromatic nitrogens is 2. The van der Waals surface area contributed by atoms with Crippen LogP contribution in [0.15, 0.2) is 30.3 Å². The van der Waals surface area contributed by atoms with Crippen molar-refractivity contribution in [3.8, 4) is 10.6 Å². The molecule has 0 N–H and O–H groups in total. The summed E-state index contributed by atoms with van der Waals surface area (Å²) in [5.41, 5.74) is 1.03. The molecule has 1 unspecified atom stereocenters. The first-order valence-corrected chi connectivity index (χ1v) is 8.76. The second-order valence-corrected chi connectivity index (χ2v) is 6.73. The van der Waals surface area contributed by atoms with Gasteiger partial charge in [0.2, 0.25) is 5.13 Å². The van der Waals surface area contributed by atoms with Gasteiger partial charge in [0.25, 0.3) is 5.91 Å². The molecule has 0 aliphatic carbocycles. The number of likely N-dealkylation sites (N-methyl/N-ethyl adjacent to an activating group) is 1. The number of benzene rings is 1. The van der Waals surface area contributed by atoms with Gasteiger partial charge in [-0.15, -0.1) is 10.2 Å². The van der Waals surface area contributed by atoms with E-state index in [1.165, 1.54) is 16.2 Å². The molecular weight excluding hydrogens is 326 g/mol. The van der Waals surface area contributed by atoms with Gasteiger partial charge < -0.3 is 9.80 Å². The number of nitrogens with zero attached hydrogens (tertiary/aromatic N) is 5. The topological polar surface area (TPSA) is 69.6 Å². The number of rotatable bonds is 3. The fourth-order valence-electron chi connectivity index (χ4n) is 3.16. The molecule has 3 heterocycles. The van der Waals surface area contributed by atoms with Crippen molar-refractivity contribution in [3.63, 3.8) is 0 Å². The molecule has 1 aromatic heterocycles. The third kappa shape index (κ3) is 2.34. The van der Waals surface area contributed by atoms with Crippen molar-refractivity contribution >= 4 is 28.4 Å². The highest BCUT2D eigenvalue weighted by Crippen LogP contribution is 2.31. The molecule has 1 aromatic carbocycles. The molecular formula is C16H17N5O2S. The van der Waals surface area contributed by atoms with E-state index in [0.29, 0.717) is 26.2 Å². The summed E-state index contributed by atoms with van der Waals surface area (Å²) in [5, 5.41) is 10.2. The van der Waals surface area contributed by atoms with Gasteiger partial charge in [0.05, 0.1) is 0 Å². The number of fused-ring (bicyclic) bond motifs is 1. The van der Waals surface area contributed by atoms with Gasteiger partial charge in [-0.2, -0.15) is 0 Å². The Hall–Kier alpha value is -2.48. The van der Waals surface area contributed by atoms with E-state index >= 15 is 0 Å². The molecule has 7 nitrogen and oxygen atoms in total. The van der Waals surface area contributed by atoms with Crippen LogP contribution in [-0.2, 0) is 4.79 Å². The Morgan fingerprint density at radius 3 is 2.71 bits per heavy atom. The molecule has 2 saturated heterocycles. The zero-order valence-corrected chi connectivity index (χ0v) is 14.1. The second-order valence-electron chi connectivity index (χ2n) is 5.78. The summed E-state index contributed by atoms with van der Waals surface area (Å²) in [6.07, 6.45) is 0. The van der Waals surface area contributed by atoms with E-state index in [1.807, 2.05) is 37.3 Å². The molecule has 1 atom stereocenters. The Bertz CT molecular complexity index is 778. The highest BCUT2D eigenvalue weighted by Gasteiger charge is 2.47. The highest BCUT2D eigenvalue weighted by molar-refractivity contribution is 7.18. The summed E-state index contributed by atoms with van der Waals surface area (Å²) in [5.74, 6) is -0.111. The molecule has 3 amide bonds. The largest absolute Gasteiger partial charge is 0.342 e. The quantitative estimate of drug-likeness (QED) is 0.793. The number of carbonyl (C=O) groups excluding carboxylic acids is 2. The Balaban J connectivity index is 1.54. The van der Waals surface area contributed by atoms with E-state index in [2.05, 4.69) is 15.1 Å². The standard InChI is InChI=1S/C16H17N5O2S/c1-2-20-14(22)12-10-19(8-9-21(12)16(20)23)15-18-17-13(24-15)11-6-4-3-5-7-11/h3-7,12H,2,8-10H2,1H3. The van der Waals surface area contributed by atoms with Crippen LogP contribution in [0.1, 0.15) is 6.92 Å².